The number of hydrogen-bond donors (Lipinski definition) is 2. The monoisotopic (exact) mass is 517 g/mol. The fourth-order valence-corrected chi connectivity index (χ4v) is 6.15. The minimum Gasteiger partial charge on any atom is -0.486 e. The number of benzene rings is 2. The van der Waals surface area contributed by atoms with Crippen LogP contribution in [0.15, 0.2) is 52.7 Å². The van der Waals surface area contributed by atoms with Crippen molar-refractivity contribution in [2.24, 2.45) is 0 Å². The van der Waals surface area contributed by atoms with Crippen molar-refractivity contribution < 1.29 is 22.3 Å². The lowest BCUT2D eigenvalue weighted by Crippen LogP contribution is -2.43. The maximum absolute atomic E-state index is 13.1. The number of aromatic nitrogens is 1. The normalized spacial score (nSPS) is 18.3. The molecule has 1 aromatic heterocycles. The average Bonchev–Trinajstić information content (AvgIpc) is 3.28. The third kappa shape index (κ3) is 6.87. The first-order chi connectivity index (χ1) is 16.7. The van der Waals surface area contributed by atoms with E-state index in [9.17, 15) is 17.6 Å². The molecule has 2 N–H and O–H groups in total. The SMILES string of the molecule is Cc1cc(C)cc(OCc2nc(C(=O)NC3CCC(NS(=O)(=O)c4ccc(F)cc4)CC3)cs2)c1. The standard InChI is InChI=1S/C25H28FN3O4S2/c1-16-11-17(2)13-21(12-16)33-14-24-28-23(15-34-24)25(30)27-19-5-7-20(8-6-19)29-35(31,32)22-9-3-18(26)4-10-22/h3-4,9-13,15,19-20,29H,5-8,14H2,1-2H3,(H,27,30). The number of sulfonamides is 1. The van der Waals surface area contributed by atoms with Crippen molar-refractivity contribution in [2.75, 3.05) is 0 Å². The molecule has 0 unspecified atom stereocenters. The number of nitrogens with zero attached hydrogens (tertiary/aromatic N) is 1. The lowest BCUT2D eigenvalue weighted by atomic mass is 9.92. The third-order valence-electron chi connectivity index (χ3n) is 5.85. The van der Waals surface area contributed by atoms with E-state index in [1.165, 1.54) is 23.5 Å². The van der Waals surface area contributed by atoms with Crippen molar-refractivity contribution >= 4 is 27.3 Å². The van der Waals surface area contributed by atoms with Crippen LogP contribution in [0, 0.1) is 19.7 Å². The van der Waals surface area contributed by atoms with Crippen LogP contribution >= 0.6 is 11.3 Å². The Morgan fingerprint density at radius 2 is 1.69 bits per heavy atom. The molecule has 1 aliphatic rings. The maximum atomic E-state index is 13.1. The minimum atomic E-state index is -3.71. The van der Waals surface area contributed by atoms with E-state index in [2.05, 4.69) is 21.1 Å². The fraction of sp³-hybridized carbons (Fsp3) is 0.360. The molecule has 2 aromatic carbocycles. The zero-order chi connectivity index (χ0) is 25.0. The molecule has 0 radical (unpaired) electrons. The van der Waals surface area contributed by atoms with Gasteiger partial charge >= 0.3 is 0 Å². The second-order valence-electron chi connectivity index (χ2n) is 8.84. The van der Waals surface area contributed by atoms with Crippen molar-refractivity contribution in [2.45, 2.75) is 63.1 Å². The van der Waals surface area contributed by atoms with Gasteiger partial charge in [-0.05, 0) is 87.1 Å². The highest BCUT2D eigenvalue weighted by atomic mass is 32.2. The molecule has 10 heteroatoms. The zero-order valence-corrected chi connectivity index (χ0v) is 21.2. The van der Waals surface area contributed by atoms with Crippen LogP contribution in [0.4, 0.5) is 4.39 Å². The first kappa shape index (κ1) is 25.3. The molecule has 4 rings (SSSR count). The van der Waals surface area contributed by atoms with Crippen LogP contribution in [0.5, 0.6) is 5.75 Å². The summed E-state index contributed by atoms with van der Waals surface area (Å²) in [6, 6.07) is 10.5. The van der Waals surface area contributed by atoms with E-state index in [1.54, 1.807) is 5.38 Å². The van der Waals surface area contributed by atoms with Crippen LogP contribution in [-0.2, 0) is 16.6 Å². The van der Waals surface area contributed by atoms with Gasteiger partial charge in [-0.1, -0.05) is 6.07 Å². The van der Waals surface area contributed by atoms with Crippen LogP contribution in [0.2, 0.25) is 0 Å². The predicted octanol–water partition coefficient (Wildman–Crippen LogP) is 4.50. The molecular weight excluding hydrogens is 489 g/mol. The highest BCUT2D eigenvalue weighted by Crippen LogP contribution is 2.22. The quantitative estimate of drug-likeness (QED) is 0.459. The van der Waals surface area contributed by atoms with Gasteiger partial charge in [0.05, 0.1) is 4.90 Å². The van der Waals surface area contributed by atoms with Crippen molar-refractivity contribution in [1.82, 2.24) is 15.0 Å². The molecule has 0 atom stereocenters. The molecule has 0 bridgehead atoms. The number of ether oxygens (including phenoxy) is 1. The molecule has 186 valence electrons. The van der Waals surface area contributed by atoms with E-state index < -0.39 is 15.8 Å². The first-order valence-corrected chi connectivity index (χ1v) is 13.8. The lowest BCUT2D eigenvalue weighted by Gasteiger charge is -2.29. The van der Waals surface area contributed by atoms with Gasteiger partial charge in [-0.15, -0.1) is 11.3 Å². The molecule has 0 aliphatic heterocycles. The number of aryl methyl sites for hydroxylation is 2. The fourth-order valence-electron chi connectivity index (χ4n) is 4.16. The number of halogens is 1. The Bertz CT molecular complexity index is 1260. The number of rotatable bonds is 8. The van der Waals surface area contributed by atoms with E-state index in [0.29, 0.717) is 43.0 Å². The molecule has 1 heterocycles. The lowest BCUT2D eigenvalue weighted by molar-refractivity contribution is 0.0920. The van der Waals surface area contributed by atoms with Gasteiger partial charge in [0.25, 0.3) is 5.91 Å². The Kier molecular flexibility index (Phi) is 7.83. The number of carbonyl (C=O) groups excluding carboxylic acids is 1. The van der Waals surface area contributed by atoms with Crippen molar-refractivity contribution in [3.8, 4) is 5.75 Å². The van der Waals surface area contributed by atoms with E-state index in [0.717, 1.165) is 29.0 Å². The van der Waals surface area contributed by atoms with Gasteiger partial charge in [-0.2, -0.15) is 0 Å². The largest absolute Gasteiger partial charge is 0.486 e. The average molecular weight is 518 g/mol. The van der Waals surface area contributed by atoms with Gasteiger partial charge < -0.3 is 10.1 Å². The summed E-state index contributed by atoms with van der Waals surface area (Å²) >= 11 is 1.38. The molecule has 35 heavy (non-hydrogen) atoms. The van der Waals surface area contributed by atoms with Crippen LogP contribution in [-0.4, -0.2) is 31.4 Å². The maximum Gasteiger partial charge on any atom is 0.270 e. The summed E-state index contributed by atoms with van der Waals surface area (Å²) in [5, 5.41) is 5.44. The number of carbonyl (C=O) groups is 1. The van der Waals surface area contributed by atoms with Crippen LogP contribution in [0.25, 0.3) is 0 Å². The van der Waals surface area contributed by atoms with E-state index in [4.69, 9.17) is 4.74 Å². The first-order valence-electron chi connectivity index (χ1n) is 11.4. The van der Waals surface area contributed by atoms with Crippen LogP contribution in [0.1, 0.15) is 52.3 Å². The molecule has 0 saturated heterocycles. The molecule has 1 fully saturated rings. The summed E-state index contributed by atoms with van der Waals surface area (Å²) in [4.78, 5) is 17.1. The summed E-state index contributed by atoms with van der Waals surface area (Å²) in [5.74, 6) is 0.0473. The molecule has 7 nitrogen and oxygen atoms in total. The second-order valence-corrected chi connectivity index (χ2v) is 11.5. The van der Waals surface area contributed by atoms with E-state index in [1.807, 2.05) is 26.0 Å². The number of nitrogens with one attached hydrogen (secondary N) is 2. The van der Waals surface area contributed by atoms with Gasteiger partial charge in [-0.3, -0.25) is 4.79 Å². The predicted molar refractivity (Wildman–Crippen MR) is 133 cm³/mol. The smallest absolute Gasteiger partial charge is 0.270 e. The summed E-state index contributed by atoms with van der Waals surface area (Å²) in [6.07, 6.45) is 2.49. The van der Waals surface area contributed by atoms with Gasteiger partial charge in [0, 0.05) is 17.5 Å². The van der Waals surface area contributed by atoms with Crippen molar-refractivity contribution in [3.63, 3.8) is 0 Å². The van der Waals surface area contributed by atoms with E-state index in [-0.39, 0.29) is 22.9 Å². The second kappa shape index (κ2) is 10.8. The third-order valence-corrected chi connectivity index (χ3v) is 8.21. The minimum absolute atomic E-state index is 0.0372. The van der Waals surface area contributed by atoms with Crippen molar-refractivity contribution in [1.29, 1.82) is 0 Å². The number of hydrogen-bond acceptors (Lipinski definition) is 6. The zero-order valence-electron chi connectivity index (χ0n) is 19.6. The molecule has 0 spiro atoms. The highest BCUT2D eigenvalue weighted by molar-refractivity contribution is 7.89. The van der Waals surface area contributed by atoms with Crippen LogP contribution in [0.3, 0.4) is 0 Å². The Morgan fingerprint density at radius 1 is 1.06 bits per heavy atom. The summed E-state index contributed by atoms with van der Waals surface area (Å²) < 4.78 is 46.6. The molecule has 1 amide bonds. The Morgan fingerprint density at radius 3 is 2.34 bits per heavy atom. The highest BCUT2D eigenvalue weighted by Gasteiger charge is 2.27. The Labute approximate surface area is 208 Å². The number of thiazole rings is 1. The Balaban J connectivity index is 1.24. The molecule has 3 aromatic rings. The summed E-state index contributed by atoms with van der Waals surface area (Å²) in [5.41, 5.74) is 2.60. The number of amides is 1. The van der Waals surface area contributed by atoms with Crippen LogP contribution < -0.4 is 14.8 Å². The Hall–Kier alpha value is -2.82. The van der Waals surface area contributed by atoms with Gasteiger partial charge in [-0.25, -0.2) is 22.5 Å². The van der Waals surface area contributed by atoms with Gasteiger partial charge in [0.2, 0.25) is 10.0 Å². The summed E-state index contributed by atoms with van der Waals surface area (Å²) in [6.45, 7) is 4.32. The van der Waals surface area contributed by atoms with Gasteiger partial charge in [0.1, 0.15) is 28.9 Å². The topological polar surface area (TPSA) is 97.4 Å². The van der Waals surface area contributed by atoms with E-state index >= 15 is 0 Å². The molecule has 1 saturated carbocycles. The summed E-state index contributed by atoms with van der Waals surface area (Å²) in [7, 11) is -3.71. The van der Waals surface area contributed by atoms with Crippen molar-refractivity contribution in [3.05, 3.63) is 75.5 Å². The molecule has 1 aliphatic carbocycles. The molecular formula is C25H28FN3O4S2. The van der Waals surface area contributed by atoms with Gasteiger partial charge in [0.15, 0.2) is 0 Å².